The molecule has 0 unspecified atom stereocenters. The highest BCUT2D eigenvalue weighted by molar-refractivity contribution is 6.46. The van der Waals surface area contributed by atoms with E-state index in [2.05, 4.69) is 5.32 Å². The van der Waals surface area contributed by atoms with E-state index in [0.717, 1.165) is 29.3 Å². The molecule has 0 saturated carbocycles. The first-order valence-corrected chi connectivity index (χ1v) is 10.5. The number of nitrogens with one attached hydrogen (secondary N) is 1. The minimum Gasteiger partial charge on any atom is -0.492 e. The van der Waals surface area contributed by atoms with Gasteiger partial charge in [-0.3, -0.25) is 9.59 Å². The lowest BCUT2D eigenvalue weighted by Gasteiger charge is -2.17. The Morgan fingerprint density at radius 3 is 2.42 bits per heavy atom. The van der Waals surface area contributed by atoms with Gasteiger partial charge in [-0.15, -0.1) is 0 Å². The van der Waals surface area contributed by atoms with Crippen molar-refractivity contribution in [3.8, 4) is 5.75 Å². The molecule has 1 aliphatic rings. The van der Waals surface area contributed by atoms with E-state index in [4.69, 9.17) is 4.74 Å². The zero-order chi connectivity index (χ0) is 23.7. The molecule has 4 rings (SSSR count). The number of rotatable bonds is 6. The van der Waals surface area contributed by atoms with Crippen molar-refractivity contribution in [2.24, 2.45) is 0 Å². The minimum absolute atomic E-state index is 0.0391. The molecular weight excluding hydrogens is 426 g/mol. The molecule has 7 heteroatoms. The molecule has 0 saturated heterocycles. The Morgan fingerprint density at radius 2 is 1.70 bits per heavy atom. The zero-order valence-electron chi connectivity index (χ0n) is 18.4. The van der Waals surface area contributed by atoms with Crippen LogP contribution in [0.25, 0.3) is 5.57 Å². The van der Waals surface area contributed by atoms with Crippen LogP contribution in [0.2, 0.25) is 0 Å². The second-order valence-corrected chi connectivity index (χ2v) is 7.66. The molecule has 0 aromatic heterocycles. The van der Waals surface area contributed by atoms with E-state index in [0.29, 0.717) is 28.5 Å². The second kappa shape index (κ2) is 8.86. The summed E-state index contributed by atoms with van der Waals surface area (Å²) in [7, 11) is 0. The van der Waals surface area contributed by atoms with E-state index in [1.54, 1.807) is 30.3 Å². The molecule has 33 heavy (non-hydrogen) atoms. The van der Waals surface area contributed by atoms with Crippen LogP contribution >= 0.6 is 0 Å². The van der Waals surface area contributed by atoms with E-state index in [1.807, 2.05) is 32.9 Å². The molecule has 168 valence electrons. The van der Waals surface area contributed by atoms with Gasteiger partial charge in [0.15, 0.2) is 0 Å². The van der Waals surface area contributed by atoms with Gasteiger partial charge in [-0.25, -0.2) is 13.7 Å². The average molecular weight is 448 g/mol. The fourth-order valence-electron chi connectivity index (χ4n) is 3.85. The SMILES string of the molecule is CCOc1ccccc1NC1=C(c2ccc(C)cc2C)C(=O)N(c2cc(F)ccc2F)C1=O. The number of para-hydroxylation sites is 2. The maximum absolute atomic E-state index is 14.6. The number of hydrogen-bond donors (Lipinski definition) is 1. The third-order valence-corrected chi connectivity index (χ3v) is 5.33. The predicted molar refractivity (Wildman–Crippen MR) is 123 cm³/mol. The highest BCUT2D eigenvalue weighted by Gasteiger charge is 2.42. The standard InChI is InChI=1S/C26H22F2N2O3/c1-4-33-22-8-6-5-7-20(22)29-24-23(18-11-9-15(2)13-16(18)3)25(31)30(26(24)32)21-14-17(27)10-12-19(21)28/h5-14,29H,4H2,1-3H3. The fourth-order valence-corrected chi connectivity index (χ4v) is 3.85. The van der Waals surface area contributed by atoms with Crippen LogP contribution < -0.4 is 15.0 Å². The van der Waals surface area contributed by atoms with Gasteiger partial charge in [0.25, 0.3) is 11.8 Å². The van der Waals surface area contributed by atoms with Gasteiger partial charge in [-0.1, -0.05) is 35.9 Å². The van der Waals surface area contributed by atoms with Crippen molar-refractivity contribution in [3.63, 3.8) is 0 Å². The molecule has 0 radical (unpaired) electrons. The van der Waals surface area contributed by atoms with Crippen molar-refractivity contribution in [2.75, 3.05) is 16.8 Å². The van der Waals surface area contributed by atoms with Crippen molar-refractivity contribution >= 4 is 28.8 Å². The van der Waals surface area contributed by atoms with E-state index in [9.17, 15) is 18.4 Å². The molecule has 1 N–H and O–H groups in total. The van der Waals surface area contributed by atoms with Crippen LogP contribution in [-0.4, -0.2) is 18.4 Å². The summed E-state index contributed by atoms with van der Waals surface area (Å²) in [6.07, 6.45) is 0. The Balaban J connectivity index is 1.89. The molecule has 1 aliphatic heterocycles. The Kier molecular flexibility index (Phi) is 5.96. The third-order valence-electron chi connectivity index (χ3n) is 5.33. The molecule has 3 aromatic carbocycles. The number of ether oxygens (including phenoxy) is 1. The van der Waals surface area contributed by atoms with E-state index >= 15 is 0 Å². The summed E-state index contributed by atoms with van der Waals surface area (Å²) in [6, 6.07) is 15.1. The van der Waals surface area contributed by atoms with Gasteiger partial charge >= 0.3 is 0 Å². The molecule has 0 bridgehead atoms. The number of hydrogen-bond acceptors (Lipinski definition) is 4. The largest absolute Gasteiger partial charge is 0.492 e. The van der Waals surface area contributed by atoms with Gasteiger partial charge in [0.1, 0.15) is 23.1 Å². The van der Waals surface area contributed by atoms with Crippen molar-refractivity contribution in [1.29, 1.82) is 0 Å². The number of amides is 2. The van der Waals surface area contributed by atoms with Crippen molar-refractivity contribution in [1.82, 2.24) is 0 Å². The van der Waals surface area contributed by atoms with Crippen molar-refractivity contribution in [3.05, 3.63) is 94.7 Å². The predicted octanol–water partition coefficient (Wildman–Crippen LogP) is 5.38. The summed E-state index contributed by atoms with van der Waals surface area (Å²) < 4.78 is 34.1. The summed E-state index contributed by atoms with van der Waals surface area (Å²) in [5, 5.41) is 3.03. The summed E-state index contributed by atoms with van der Waals surface area (Å²) in [4.78, 5) is 27.7. The number of carbonyl (C=O) groups is 2. The van der Waals surface area contributed by atoms with Gasteiger partial charge in [-0.2, -0.15) is 0 Å². The summed E-state index contributed by atoms with van der Waals surface area (Å²) in [5.74, 6) is -2.68. The molecule has 0 fully saturated rings. The molecule has 0 atom stereocenters. The molecule has 0 aliphatic carbocycles. The molecule has 1 heterocycles. The molecule has 5 nitrogen and oxygen atoms in total. The first-order valence-electron chi connectivity index (χ1n) is 10.5. The number of anilines is 2. The van der Waals surface area contributed by atoms with Crippen molar-refractivity contribution < 1.29 is 23.1 Å². The summed E-state index contributed by atoms with van der Waals surface area (Å²) in [5.41, 5.74) is 2.34. The van der Waals surface area contributed by atoms with Gasteiger partial charge in [0.05, 0.1) is 23.6 Å². The lowest BCUT2D eigenvalue weighted by molar-refractivity contribution is -0.120. The van der Waals surface area contributed by atoms with Crippen LogP contribution in [0, 0.1) is 25.5 Å². The Morgan fingerprint density at radius 1 is 0.939 bits per heavy atom. The van der Waals surface area contributed by atoms with Crippen LogP contribution in [0.4, 0.5) is 20.2 Å². The monoisotopic (exact) mass is 448 g/mol. The topological polar surface area (TPSA) is 58.6 Å². The highest BCUT2D eigenvalue weighted by atomic mass is 19.1. The Hall–Kier alpha value is -4.00. The van der Waals surface area contributed by atoms with E-state index < -0.39 is 29.1 Å². The number of imide groups is 1. The van der Waals surface area contributed by atoms with Crippen LogP contribution in [0.5, 0.6) is 5.75 Å². The minimum atomic E-state index is -0.881. The molecule has 2 amide bonds. The van der Waals surface area contributed by atoms with E-state index in [1.165, 1.54) is 0 Å². The van der Waals surface area contributed by atoms with E-state index in [-0.39, 0.29) is 11.3 Å². The summed E-state index contributed by atoms with van der Waals surface area (Å²) in [6.45, 7) is 5.97. The van der Waals surface area contributed by atoms with Gasteiger partial charge in [0, 0.05) is 6.07 Å². The summed E-state index contributed by atoms with van der Waals surface area (Å²) >= 11 is 0. The quantitative estimate of drug-likeness (QED) is 0.515. The van der Waals surface area contributed by atoms with Crippen molar-refractivity contribution in [2.45, 2.75) is 20.8 Å². The number of carbonyl (C=O) groups excluding carboxylic acids is 2. The fraction of sp³-hybridized carbons (Fsp3) is 0.154. The second-order valence-electron chi connectivity index (χ2n) is 7.66. The average Bonchev–Trinajstić information content (AvgIpc) is 3.01. The zero-order valence-corrected chi connectivity index (χ0v) is 18.4. The lowest BCUT2D eigenvalue weighted by Crippen LogP contribution is -2.33. The maximum Gasteiger partial charge on any atom is 0.282 e. The van der Waals surface area contributed by atoms with Crippen LogP contribution in [0.1, 0.15) is 23.6 Å². The van der Waals surface area contributed by atoms with Gasteiger partial charge in [0.2, 0.25) is 0 Å². The van der Waals surface area contributed by atoms with Gasteiger partial charge < -0.3 is 10.1 Å². The number of nitrogens with zero attached hydrogens (tertiary/aromatic N) is 1. The van der Waals surface area contributed by atoms with Crippen LogP contribution in [0.3, 0.4) is 0 Å². The normalized spacial score (nSPS) is 13.7. The lowest BCUT2D eigenvalue weighted by atomic mass is 9.97. The molecular formula is C26H22F2N2O3. The number of benzene rings is 3. The number of aryl methyl sites for hydroxylation is 2. The third kappa shape index (κ3) is 4.09. The number of halogens is 2. The first-order chi connectivity index (χ1) is 15.8. The molecule has 0 spiro atoms. The Labute approximate surface area is 190 Å². The maximum atomic E-state index is 14.6. The van der Waals surface area contributed by atoms with Gasteiger partial charge in [-0.05, 0) is 56.2 Å². The van der Waals surface area contributed by atoms with Crippen LogP contribution in [-0.2, 0) is 9.59 Å². The highest BCUT2D eigenvalue weighted by Crippen LogP contribution is 2.37. The molecule has 3 aromatic rings. The Bertz CT molecular complexity index is 1300. The smallest absolute Gasteiger partial charge is 0.282 e. The van der Waals surface area contributed by atoms with Crippen LogP contribution in [0.15, 0.2) is 66.4 Å². The first kappa shape index (κ1) is 22.2.